The molecule has 4 rings (SSSR count). The fourth-order valence-electron chi connectivity index (χ4n) is 3.19. The van der Waals surface area contributed by atoms with E-state index in [0.717, 1.165) is 22.9 Å². The number of nitrogens with zero attached hydrogens (tertiary/aromatic N) is 2. The van der Waals surface area contributed by atoms with Crippen molar-refractivity contribution in [2.75, 3.05) is 11.0 Å². The number of pyridine rings is 2. The number of hydrazine groups is 1. The SMILES string of the molecule is CS(=O)(=O)Nc1ccc(C#Cc2ccc(-c3cc(C(=O)NN)c4cnccc4n3)cc2)cc1.Cl. The van der Waals surface area contributed by atoms with Crippen LogP contribution in [-0.2, 0) is 10.0 Å². The van der Waals surface area contributed by atoms with Crippen LogP contribution in [0.1, 0.15) is 21.5 Å². The van der Waals surface area contributed by atoms with E-state index in [9.17, 15) is 13.2 Å². The number of fused-ring (bicyclic) bond motifs is 1. The second kappa shape index (κ2) is 10.3. The number of sulfonamides is 1. The largest absolute Gasteiger partial charge is 0.290 e. The standard InChI is InChI=1S/C24H19N5O3S.ClH/c1-33(31,32)29-19-10-6-17(7-11-19)3-2-16-4-8-18(9-5-16)23-14-20(24(30)28-25)21-15-26-13-12-22(21)27-23;/h4-15,29H,25H2,1H3,(H,28,30);1H. The second-order valence-corrected chi connectivity index (χ2v) is 8.95. The van der Waals surface area contributed by atoms with Crippen LogP contribution in [0.2, 0.25) is 0 Å². The number of nitrogens with one attached hydrogen (secondary N) is 2. The third-order valence-corrected chi connectivity index (χ3v) is 5.31. The van der Waals surface area contributed by atoms with Gasteiger partial charge < -0.3 is 0 Å². The Labute approximate surface area is 203 Å². The van der Waals surface area contributed by atoms with E-state index in [2.05, 4.69) is 32.0 Å². The average Bonchev–Trinajstić information content (AvgIpc) is 2.82. The van der Waals surface area contributed by atoms with Crippen molar-refractivity contribution in [3.8, 4) is 23.1 Å². The number of carbonyl (C=O) groups is 1. The number of rotatable bonds is 4. The van der Waals surface area contributed by atoms with Gasteiger partial charge in [-0.05, 0) is 48.5 Å². The number of hydrogen-bond acceptors (Lipinski definition) is 6. The van der Waals surface area contributed by atoms with Gasteiger partial charge in [-0.25, -0.2) is 19.2 Å². The molecule has 0 aliphatic heterocycles. The number of benzene rings is 2. The van der Waals surface area contributed by atoms with Gasteiger partial charge in [0, 0.05) is 40.2 Å². The maximum Gasteiger partial charge on any atom is 0.265 e. The van der Waals surface area contributed by atoms with Crippen molar-refractivity contribution < 1.29 is 13.2 Å². The molecule has 0 saturated carbocycles. The molecule has 0 bridgehead atoms. The molecule has 2 aromatic carbocycles. The van der Waals surface area contributed by atoms with Crippen molar-refractivity contribution in [3.63, 3.8) is 0 Å². The van der Waals surface area contributed by atoms with Crippen LogP contribution in [0.4, 0.5) is 5.69 Å². The Morgan fingerprint density at radius 2 is 1.59 bits per heavy atom. The molecule has 8 nitrogen and oxygen atoms in total. The summed E-state index contributed by atoms with van der Waals surface area (Å²) in [6, 6.07) is 17.7. The molecule has 172 valence electrons. The first-order chi connectivity index (χ1) is 15.8. The van der Waals surface area contributed by atoms with Gasteiger partial charge in [0.25, 0.3) is 5.91 Å². The summed E-state index contributed by atoms with van der Waals surface area (Å²) in [7, 11) is -3.32. The van der Waals surface area contributed by atoms with E-state index < -0.39 is 15.9 Å². The molecular weight excluding hydrogens is 474 g/mol. The molecule has 0 aliphatic rings. The molecule has 0 unspecified atom stereocenters. The first-order valence-corrected chi connectivity index (χ1v) is 11.7. The van der Waals surface area contributed by atoms with Crippen LogP contribution in [0, 0.1) is 11.8 Å². The molecule has 2 heterocycles. The lowest BCUT2D eigenvalue weighted by molar-refractivity contribution is 0.0955. The molecule has 0 radical (unpaired) electrons. The molecule has 0 fully saturated rings. The monoisotopic (exact) mass is 493 g/mol. The maximum absolute atomic E-state index is 12.2. The zero-order valence-corrected chi connectivity index (χ0v) is 19.6. The second-order valence-electron chi connectivity index (χ2n) is 7.20. The van der Waals surface area contributed by atoms with Gasteiger partial charge in [-0.15, -0.1) is 12.4 Å². The molecule has 0 saturated heterocycles. The van der Waals surface area contributed by atoms with Gasteiger partial charge in [-0.1, -0.05) is 24.0 Å². The van der Waals surface area contributed by atoms with Crippen molar-refractivity contribution >= 4 is 44.9 Å². The number of amides is 1. The molecule has 10 heteroatoms. The van der Waals surface area contributed by atoms with Crippen molar-refractivity contribution in [1.29, 1.82) is 0 Å². The Balaban J connectivity index is 0.00000324. The van der Waals surface area contributed by atoms with Crippen LogP contribution in [0.5, 0.6) is 0 Å². The summed E-state index contributed by atoms with van der Waals surface area (Å²) in [5.41, 5.74) is 6.66. The number of nitrogen functional groups attached to an aromatic ring is 1. The number of nitrogens with two attached hydrogens (primary N) is 1. The fourth-order valence-corrected chi connectivity index (χ4v) is 3.75. The summed E-state index contributed by atoms with van der Waals surface area (Å²) in [5.74, 6) is 11.0. The summed E-state index contributed by atoms with van der Waals surface area (Å²) in [4.78, 5) is 20.9. The normalized spacial score (nSPS) is 10.5. The highest BCUT2D eigenvalue weighted by molar-refractivity contribution is 7.92. The van der Waals surface area contributed by atoms with Gasteiger partial charge in [0.2, 0.25) is 10.0 Å². The quantitative estimate of drug-likeness (QED) is 0.173. The number of anilines is 1. The Kier molecular flexibility index (Phi) is 7.48. The molecular formula is C24H20ClN5O3S. The summed E-state index contributed by atoms with van der Waals surface area (Å²) in [5, 5.41) is 0.615. The predicted octanol–water partition coefficient (Wildman–Crippen LogP) is 3.09. The Hall–Kier alpha value is -3.97. The summed E-state index contributed by atoms with van der Waals surface area (Å²) >= 11 is 0. The van der Waals surface area contributed by atoms with E-state index in [-0.39, 0.29) is 12.4 Å². The van der Waals surface area contributed by atoms with E-state index in [1.807, 2.05) is 24.3 Å². The van der Waals surface area contributed by atoms with Crippen LogP contribution in [0.15, 0.2) is 73.1 Å². The van der Waals surface area contributed by atoms with Crippen LogP contribution >= 0.6 is 12.4 Å². The minimum absolute atomic E-state index is 0. The third kappa shape index (κ3) is 5.88. The lowest BCUT2D eigenvalue weighted by Crippen LogP contribution is -2.30. The molecule has 34 heavy (non-hydrogen) atoms. The number of aromatic nitrogens is 2. The van der Waals surface area contributed by atoms with Crippen molar-refractivity contribution in [2.45, 2.75) is 0 Å². The molecule has 0 aliphatic carbocycles. The molecule has 1 amide bonds. The molecule has 4 aromatic rings. The van der Waals surface area contributed by atoms with E-state index in [1.165, 1.54) is 0 Å². The smallest absolute Gasteiger partial charge is 0.265 e. The van der Waals surface area contributed by atoms with Crippen molar-refractivity contribution in [1.82, 2.24) is 15.4 Å². The van der Waals surface area contributed by atoms with E-state index in [1.54, 1.807) is 48.8 Å². The van der Waals surface area contributed by atoms with Gasteiger partial charge in [0.15, 0.2) is 0 Å². The Morgan fingerprint density at radius 1 is 0.971 bits per heavy atom. The van der Waals surface area contributed by atoms with Gasteiger partial charge >= 0.3 is 0 Å². The summed E-state index contributed by atoms with van der Waals surface area (Å²) in [6.45, 7) is 0. The van der Waals surface area contributed by atoms with E-state index >= 15 is 0 Å². The van der Waals surface area contributed by atoms with Gasteiger partial charge in [0.05, 0.1) is 23.0 Å². The predicted molar refractivity (Wildman–Crippen MR) is 135 cm³/mol. The number of halogens is 1. The molecule has 4 N–H and O–H groups in total. The molecule has 2 aromatic heterocycles. The van der Waals surface area contributed by atoms with Crippen LogP contribution in [-0.4, -0.2) is 30.5 Å². The van der Waals surface area contributed by atoms with Gasteiger partial charge in [0.1, 0.15) is 0 Å². The Bertz CT molecular complexity index is 1510. The van der Waals surface area contributed by atoms with Crippen LogP contribution in [0.3, 0.4) is 0 Å². The van der Waals surface area contributed by atoms with Crippen LogP contribution < -0.4 is 16.0 Å². The zero-order chi connectivity index (χ0) is 23.4. The topological polar surface area (TPSA) is 127 Å². The summed E-state index contributed by atoms with van der Waals surface area (Å²) in [6.07, 6.45) is 4.30. The minimum atomic E-state index is -3.32. The fraction of sp³-hybridized carbons (Fsp3) is 0.0417. The molecule has 0 atom stereocenters. The lowest BCUT2D eigenvalue weighted by atomic mass is 10.0. The first kappa shape index (κ1) is 24.7. The van der Waals surface area contributed by atoms with Crippen LogP contribution in [0.25, 0.3) is 22.2 Å². The maximum atomic E-state index is 12.2. The van der Waals surface area contributed by atoms with E-state index in [4.69, 9.17) is 5.84 Å². The third-order valence-electron chi connectivity index (χ3n) is 4.71. The average molecular weight is 494 g/mol. The highest BCUT2D eigenvalue weighted by Gasteiger charge is 2.13. The van der Waals surface area contributed by atoms with Crippen molar-refractivity contribution in [3.05, 3.63) is 89.7 Å². The Morgan fingerprint density at radius 3 is 2.18 bits per heavy atom. The number of hydrogen-bond donors (Lipinski definition) is 3. The first-order valence-electron chi connectivity index (χ1n) is 9.78. The molecule has 0 spiro atoms. The van der Waals surface area contributed by atoms with Crippen molar-refractivity contribution in [2.24, 2.45) is 5.84 Å². The lowest BCUT2D eigenvalue weighted by Gasteiger charge is -2.08. The summed E-state index contributed by atoms with van der Waals surface area (Å²) < 4.78 is 25.0. The highest BCUT2D eigenvalue weighted by Crippen LogP contribution is 2.24. The minimum Gasteiger partial charge on any atom is -0.290 e. The number of carbonyl (C=O) groups excluding carboxylic acids is 1. The van der Waals surface area contributed by atoms with E-state index in [0.29, 0.717) is 27.8 Å². The zero-order valence-electron chi connectivity index (χ0n) is 17.9. The highest BCUT2D eigenvalue weighted by atomic mass is 35.5. The van der Waals surface area contributed by atoms with Gasteiger partial charge in [-0.3, -0.25) is 19.9 Å². The van der Waals surface area contributed by atoms with Gasteiger partial charge in [-0.2, -0.15) is 0 Å².